The van der Waals surface area contributed by atoms with Crippen molar-refractivity contribution in [3.8, 4) is 0 Å². The van der Waals surface area contributed by atoms with E-state index in [2.05, 4.69) is 60.1 Å². The molecule has 2 rings (SSSR count). The predicted molar refractivity (Wildman–Crippen MR) is 81.9 cm³/mol. The summed E-state index contributed by atoms with van der Waals surface area (Å²) in [6, 6.07) is 2.22. The van der Waals surface area contributed by atoms with Crippen molar-refractivity contribution in [1.82, 2.24) is 15.3 Å². The van der Waals surface area contributed by atoms with Gasteiger partial charge < -0.3 is 5.32 Å². The van der Waals surface area contributed by atoms with E-state index in [1.807, 2.05) is 6.20 Å². The standard InChI is InChI=1S/C12H13Br2N3S/c1-2-3-17-11(9-7-15-4-5-16-9)10-6-8(13)12(14)18-10/h4-7,11,17H,2-3H2,1H3. The third-order valence-electron chi connectivity index (χ3n) is 2.43. The molecule has 2 heterocycles. The van der Waals surface area contributed by atoms with Gasteiger partial charge in [0.05, 0.1) is 21.7 Å². The Balaban J connectivity index is 2.30. The minimum atomic E-state index is 0.103. The van der Waals surface area contributed by atoms with Crippen LogP contribution in [0.15, 0.2) is 32.9 Å². The fourth-order valence-electron chi connectivity index (χ4n) is 1.60. The van der Waals surface area contributed by atoms with Crippen LogP contribution in [0.2, 0.25) is 0 Å². The van der Waals surface area contributed by atoms with Crippen molar-refractivity contribution in [3.05, 3.63) is 43.5 Å². The monoisotopic (exact) mass is 389 g/mol. The summed E-state index contributed by atoms with van der Waals surface area (Å²) in [7, 11) is 0. The summed E-state index contributed by atoms with van der Waals surface area (Å²) < 4.78 is 2.18. The lowest BCUT2D eigenvalue weighted by Crippen LogP contribution is -2.23. The molecule has 6 heteroatoms. The molecule has 0 aliphatic rings. The molecule has 0 amide bonds. The van der Waals surface area contributed by atoms with Gasteiger partial charge in [0.15, 0.2) is 0 Å². The molecule has 1 atom stereocenters. The predicted octanol–water partition coefficient (Wildman–Crippen LogP) is 4.15. The highest BCUT2D eigenvalue weighted by Crippen LogP contribution is 2.37. The van der Waals surface area contributed by atoms with E-state index in [0.717, 1.165) is 26.9 Å². The molecule has 0 bridgehead atoms. The molecule has 1 N–H and O–H groups in total. The maximum Gasteiger partial charge on any atom is 0.0861 e. The molecule has 0 saturated carbocycles. The zero-order chi connectivity index (χ0) is 13.0. The Labute approximate surface area is 127 Å². The van der Waals surface area contributed by atoms with Gasteiger partial charge >= 0.3 is 0 Å². The first-order valence-electron chi connectivity index (χ1n) is 5.66. The van der Waals surface area contributed by atoms with Crippen molar-refractivity contribution in [1.29, 1.82) is 0 Å². The average molecular weight is 391 g/mol. The van der Waals surface area contributed by atoms with Gasteiger partial charge in [0.1, 0.15) is 0 Å². The number of halogens is 2. The summed E-state index contributed by atoms with van der Waals surface area (Å²) >= 11 is 8.76. The minimum absolute atomic E-state index is 0.103. The molecule has 0 aromatic carbocycles. The number of aromatic nitrogens is 2. The minimum Gasteiger partial charge on any atom is -0.304 e. The van der Waals surface area contributed by atoms with Crippen LogP contribution in [0.4, 0.5) is 0 Å². The zero-order valence-electron chi connectivity index (χ0n) is 9.86. The Bertz CT molecular complexity index is 482. The van der Waals surface area contributed by atoms with E-state index in [9.17, 15) is 0 Å². The molecule has 18 heavy (non-hydrogen) atoms. The molecule has 3 nitrogen and oxygen atoms in total. The molecule has 96 valence electrons. The van der Waals surface area contributed by atoms with Crippen molar-refractivity contribution in [3.63, 3.8) is 0 Å². The van der Waals surface area contributed by atoms with Crippen LogP contribution in [0.1, 0.15) is 30.0 Å². The van der Waals surface area contributed by atoms with Gasteiger partial charge in [-0.15, -0.1) is 11.3 Å². The lowest BCUT2D eigenvalue weighted by Gasteiger charge is -2.15. The number of nitrogens with one attached hydrogen (secondary N) is 1. The lowest BCUT2D eigenvalue weighted by atomic mass is 10.1. The van der Waals surface area contributed by atoms with Crippen molar-refractivity contribution >= 4 is 43.2 Å². The molecule has 1 unspecified atom stereocenters. The number of rotatable bonds is 5. The van der Waals surface area contributed by atoms with Gasteiger partial charge in [-0.25, -0.2) is 0 Å². The average Bonchev–Trinajstić information content (AvgIpc) is 2.71. The van der Waals surface area contributed by atoms with Crippen LogP contribution in [0.3, 0.4) is 0 Å². The second kappa shape index (κ2) is 6.75. The van der Waals surface area contributed by atoms with Gasteiger partial charge in [0, 0.05) is 21.7 Å². The third-order valence-corrected chi connectivity index (χ3v) is 5.75. The van der Waals surface area contributed by atoms with Crippen molar-refractivity contribution in [2.75, 3.05) is 6.54 Å². The van der Waals surface area contributed by atoms with E-state index in [4.69, 9.17) is 0 Å². The fourth-order valence-corrected chi connectivity index (χ4v) is 3.78. The number of nitrogens with zero attached hydrogens (tertiary/aromatic N) is 2. The van der Waals surface area contributed by atoms with Gasteiger partial charge in [0.25, 0.3) is 0 Å². The molecule has 0 aliphatic carbocycles. The van der Waals surface area contributed by atoms with Crippen LogP contribution in [-0.4, -0.2) is 16.5 Å². The lowest BCUT2D eigenvalue weighted by molar-refractivity contribution is 0.591. The first-order chi connectivity index (χ1) is 8.72. The molecular formula is C12H13Br2N3S. The van der Waals surface area contributed by atoms with Crippen LogP contribution in [0, 0.1) is 0 Å². The van der Waals surface area contributed by atoms with Crippen molar-refractivity contribution in [2.24, 2.45) is 0 Å². The number of thiophene rings is 1. The van der Waals surface area contributed by atoms with Crippen LogP contribution in [-0.2, 0) is 0 Å². The Hall–Kier alpha value is -0.300. The normalized spacial score (nSPS) is 12.6. The van der Waals surface area contributed by atoms with Crippen LogP contribution < -0.4 is 5.32 Å². The summed E-state index contributed by atoms with van der Waals surface area (Å²) in [6.07, 6.45) is 6.33. The number of hydrogen-bond donors (Lipinski definition) is 1. The molecule has 0 radical (unpaired) electrons. The van der Waals surface area contributed by atoms with E-state index in [1.54, 1.807) is 23.7 Å². The van der Waals surface area contributed by atoms with E-state index >= 15 is 0 Å². The Morgan fingerprint density at radius 2 is 2.22 bits per heavy atom. The van der Waals surface area contributed by atoms with Gasteiger partial charge in [-0.3, -0.25) is 9.97 Å². The molecule has 0 aliphatic heterocycles. The van der Waals surface area contributed by atoms with E-state index < -0.39 is 0 Å². The largest absolute Gasteiger partial charge is 0.304 e. The van der Waals surface area contributed by atoms with Crippen LogP contribution in [0.25, 0.3) is 0 Å². The highest BCUT2D eigenvalue weighted by Gasteiger charge is 2.18. The van der Waals surface area contributed by atoms with Crippen molar-refractivity contribution < 1.29 is 0 Å². The number of hydrogen-bond acceptors (Lipinski definition) is 4. The zero-order valence-corrected chi connectivity index (χ0v) is 13.8. The second-order valence-electron chi connectivity index (χ2n) is 3.79. The van der Waals surface area contributed by atoms with E-state index in [-0.39, 0.29) is 6.04 Å². The summed E-state index contributed by atoms with van der Waals surface area (Å²) in [5.74, 6) is 0. The quantitative estimate of drug-likeness (QED) is 0.833. The highest BCUT2D eigenvalue weighted by atomic mass is 79.9. The van der Waals surface area contributed by atoms with E-state index in [0.29, 0.717) is 0 Å². The summed E-state index contributed by atoms with van der Waals surface area (Å²) in [5, 5.41) is 3.51. The Kier molecular flexibility index (Phi) is 5.29. The van der Waals surface area contributed by atoms with Crippen molar-refractivity contribution in [2.45, 2.75) is 19.4 Å². The summed E-state index contributed by atoms with van der Waals surface area (Å²) in [5.41, 5.74) is 0.951. The smallest absolute Gasteiger partial charge is 0.0861 e. The first kappa shape index (κ1) is 14.1. The van der Waals surface area contributed by atoms with Crippen LogP contribution in [0.5, 0.6) is 0 Å². The fraction of sp³-hybridized carbons (Fsp3) is 0.333. The van der Waals surface area contributed by atoms with Gasteiger partial charge in [-0.05, 0) is 50.9 Å². The van der Waals surface area contributed by atoms with Crippen LogP contribution >= 0.6 is 43.2 Å². The molecule has 0 spiro atoms. The second-order valence-corrected chi connectivity index (χ2v) is 7.04. The molecule has 2 aromatic heterocycles. The summed E-state index contributed by atoms with van der Waals surface area (Å²) in [6.45, 7) is 3.11. The Morgan fingerprint density at radius 1 is 1.39 bits per heavy atom. The van der Waals surface area contributed by atoms with Gasteiger partial charge in [0.2, 0.25) is 0 Å². The maximum absolute atomic E-state index is 4.40. The topological polar surface area (TPSA) is 37.8 Å². The summed E-state index contributed by atoms with van der Waals surface area (Å²) in [4.78, 5) is 9.77. The van der Waals surface area contributed by atoms with E-state index in [1.165, 1.54) is 4.88 Å². The SMILES string of the molecule is CCCNC(c1cnccn1)c1cc(Br)c(Br)s1. The highest BCUT2D eigenvalue weighted by molar-refractivity contribution is 9.13. The third kappa shape index (κ3) is 3.38. The maximum atomic E-state index is 4.40. The Morgan fingerprint density at radius 3 is 2.78 bits per heavy atom. The first-order valence-corrected chi connectivity index (χ1v) is 8.06. The molecular weight excluding hydrogens is 378 g/mol. The van der Waals surface area contributed by atoms with Gasteiger partial charge in [-0.1, -0.05) is 6.92 Å². The molecule has 0 saturated heterocycles. The van der Waals surface area contributed by atoms with Gasteiger partial charge in [-0.2, -0.15) is 0 Å². The molecule has 2 aromatic rings. The molecule has 0 fully saturated rings.